The topological polar surface area (TPSA) is 75.7 Å². The maximum atomic E-state index is 12.4. The predicted octanol–water partition coefficient (Wildman–Crippen LogP) is 1.69. The summed E-state index contributed by atoms with van der Waals surface area (Å²) in [7, 11) is 1.38. The summed E-state index contributed by atoms with van der Waals surface area (Å²) >= 11 is 1.54. The van der Waals surface area contributed by atoms with Crippen molar-refractivity contribution in [2.45, 2.75) is 25.0 Å². The number of nitrogens with zero attached hydrogens (tertiary/aromatic N) is 1. The average molecular weight is 350 g/mol. The molecule has 0 aliphatic carbocycles. The summed E-state index contributed by atoms with van der Waals surface area (Å²) in [5.74, 6) is 0.0623. The number of carbonyl (C=O) groups excluding carboxylic acids is 3. The molecule has 7 heteroatoms. The van der Waals surface area contributed by atoms with Gasteiger partial charge in [-0.25, -0.2) is 0 Å². The molecule has 1 aliphatic rings. The Kier molecular flexibility index (Phi) is 6.66. The van der Waals surface area contributed by atoms with Crippen LogP contribution in [0.5, 0.6) is 0 Å². The van der Waals surface area contributed by atoms with Crippen molar-refractivity contribution in [3.63, 3.8) is 0 Å². The van der Waals surface area contributed by atoms with Gasteiger partial charge in [0, 0.05) is 31.0 Å². The predicted molar refractivity (Wildman–Crippen MR) is 93.9 cm³/mol. The highest BCUT2D eigenvalue weighted by molar-refractivity contribution is 8.00. The summed E-state index contributed by atoms with van der Waals surface area (Å²) in [6.45, 7) is 2.85. The normalized spacial score (nSPS) is 16.8. The summed E-state index contributed by atoms with van der Waals surface area (Å²) in [6.07, 6.45) is 1.24. The maximum Gasteiger partial charge on any atom is 0.315 e. The Labute approximate surface area is 145 Å². The number of hydrogen-bond acceptors (Lipinski definition) is 5. The fraction of sp³-hybridized carbons (Fsp3) is 0.471. The molecular weight excluding hydrogens is 328 g/mol. The first-order valence-corrected chi connectivity index (χ1v) is 8.85. The van der Waals surface area contributed by atoms with E-state index < -0.39 is 0 Å². The highest BCUT2D eigenvalue weighted by atomic mass is 32.2. The zero-order valence-electron chi connectivity index (χ0n) is 13.9. The maximum absolute atomic E-state index is 12.4. The summed E-state index contributed by atoms with van der Waals surface area (Å²) in [6, 6.07) is 7.29. The van der Waals surface area contributed by atoms with Gasteiger partial charge >= 0.3 is 5.97 Å². The number of benzene rings is 1. The van der Waals surface area contributed by atoms with E-state index in [1.807, 2.05) is 17.0 Å². The van der Waals surface area contributed by atoms with Crippen molar-refractivity contribution in [3.8, 4) is 0 Å². The molecule has 1 saturated heterocycles. The Morgan fingerprint density at radius 3 is 2.62 bits per heavy atom. The summed E-state index contributed by atoms with van der Waals surface area (Å²) in [4.78, 5) is 36.4. The standard InChI is InChI=1S/C17H22N2O4S/c1-12(20)18-14-5-3-13(4-6-14)9-16(21)19-8-7-15(10-19)24-11-17(22)23-2/h3-6,15H,7-11H2,1-2H3,(H,18,20)/t15-/m0/s1. The Morgan fingerprint density at radius 1 is 1.29 bits per heavy atom. The van der Waals surface area contributed by atoms with E-state index in [4.69, 9.17) is 0 Å². The van der Waals surface area contributed by atoms with Crippen LogP contribution in [0.25, 0.3) is 0 Å². The molecule has 1 aromatic rings. The van der Waals surface area contributed by atoms with E-state index in [1.165, 1.54) is 14.0 Å². The van der Waals surface area contributed by atoms with Crippen LogP contribution in [-0.4, -0.2) is 53.9 Å². The highest BCUT2D eigenvalue weighted by Gasteiger charge is 2.27. The number of hydrogen-bond donors (Lipinski definition) is 1. The molecule has 1 atom stereocenters. The second-order valence-electron chi connectivity index (χ2n) is 5.69. The van der Waals surface area contributed by atoms with E-state index in [2.05, 4.69) is 10.1 Å². The first kappa shape index (κ1) is 18.3. The SMILES string of the molecule is COC(=O)CS[C@H]1CCN(C(=O)Cc2ccc(NC(C)=O)cc2)C1. The quantitative estimate of drug-likeness (QED) is 0.790. The first-order chi connectivity index (χ1) is 11.5. The molecule has 0 aromatic heterocycles. The Bertz CT molecular complexity index is 603. The molecule has 0 spiro atoms. The largest absolute Gasteiger partial charge is 0.468 e. The van der Waals surface area contributed by atoms with Gasteiger partial charge in [-0.15, -0.1) is 11.8 Å². The molecule has 0 bridgehead atoms. The van der Waals surface area contributed by atoms with E-state index in [-0.39, 0.29) is 23.0 Å². The first-order valence-electron chi connectivity index (χ1n) is 7.80. The molecule has 0 unspecified atom stereocenters. The third-order valence-corrected chi connectivity index (χ3v) is 5.05. The average Bonchev–Trinajstić information content (AvgIpc) is 3.03. The van der Waals surface area contributed by atoms with Gasteiger partial charge in [0.1, 0.15) is 0 Å². The van der Waals surface area contributed by atoms with E-state index in [0.717, 1.165) is 24.2 Å². The van der Waals surface area contributed by atoms with Crippen LogP contribution in [-0.2, 0) is 25.5 Å². The molecule has 0 saturated carbocycles. The van der Waals surface area contributed by atoms with Crippen LogP contribution in [0.4, 0.5) is 5.69 Å². The molecular formula is C17H22N2O4S. The third-order valence-electron chi connectivity index (χ3n) is 3.79. The molecule has 1 N–H and O–H groups in total. The number of anilines is 1. The third kappa shape index (κ3) is 5.56. The molecule has 130 valence electrons. The number of nitrogens with one attached hydrogen (secondary N) is 1. The fourth-order valence-electron chi connectivity index (χ4n) is 2.53. The van der Waals surface area contributed by atoms with Crippen molar-refractivity contribution in [1.82, 2.24) is 4.90 Å². The summed E-state index contributed by atoms with van der Waals surface area (Å²) < 4.78 is 4.63. The van der Waals surface area contributed by atoms with Gasteiger partial charge in [0.25, 0.3) is 0 Å². The van der Waals surface area contributed by atoms with Crippen molar-refractivity contribution < 1.29 is 19.1 Å². The van der Waals surface area contributed by atoms with E-state index in [9.17, 15) is 14.4 Å². The minimum absolute atomic E-state index is 0.0865. The number of esters is 1. The Hall–Kier alpha value is -2.02. The van der Waals surface area contributed by atoms with Crippen LogP contribution in [0.3, 0.4) is 0 Å². The summed E-state index contributed by atoms with van der Waals surface area (Å²) in [5, 5.41) is 2.99. The number of likely N-dealkylation sites (tertiary alicyclic amines) is 1. The number of ether oxygens (including phenoxy) is 1. The van der Waals surface area contributed by atoms with Crippen molar-refractivity contribution in [1.29, 1.82) is 0 Å². The number of carbonyl (C=O) groups is 3. The highest BCUT2D eigenvalue weighted by Crippen LogP contribution is 2.23. The van der Waals surface area contributed by atoms with Gasteiger partial charge in [-0.1, -0.05) is 12.1 Å². The lowest BCUT2D eigenvalue weighted by Crippen LogP contribution is -2.30. The van der Waals surface area contributed by atoms with Gasteiger partial charge < -0.3 is 15.0 Å². The van der Waals surface area contributed by atoms with Crippen molar-refractivity contribution in [2.75, 3.05) is 31.3 Å². The van der Waals surface area contributed by atoms with Gasteiger partial charge in [-0.2, -0.15) is 0 Å². The number of amides is 2. The fourth-order valence-corrected chi connectivity index (χ4v) is 3.58. The summed E-state index contributed by atoms with van der Waals surface area (Å²) in [5.41, 5.74) is 1.64. The number of rotatable bonds is 6. The van der Waals surface area contributed by atoms with E-state index >= 15 is 0 Å². The molecule has 1 heterocycles. The minimum atomic E-state index is -0.232. The monoisotopic (exact) mass is 350 g/mol. The van der Waals surface area contributed by atoms with Gasteiger partial charge in [-0.3, -0.25) is 14.4 Å². The van der Waals surface area contributed by atoms with E-state index in [0.29, 0.717) is 18.7 Å². The van der Waals surface area contributed by atoms with Gasteiger partial charge in [0.05, 0.1) is 19.3 Å². The lowest BCUT2D eigenvalue weighted by atomic mass is 10.1. The lowest BCUT2D eigenvalue weighted by molar-refractivity contribution is -0.137. The molecule has 1 fully saturated rings. The van der Waals surface area contributed by atoms with Crippen molar-refractivity contribution in [3.05, 3.63) is 29.8 Å². The zero-order chi connectivity index (χ0) is 17.5. The van der Waals surface area contributed by atoms with Crippen LogP contribution in [0.2, 0.25) is 0 Å². The molecule has 6 nitrogen and oxygen atoms in total. The molecule has 1 aromatic carbocycles. The van der Waals surface area contributed by atoms with Crippen LogP contribution >= 0.6 is 11.8 Å². The Morgan fingerprint density at radius 2 is 2.00 bits per heavy atom. The van der Waals surface area contributed by atoms with Gasteiger partial charge in [0.15, 0.2) is 0 Å². The molecule has 0 radical (unpaired) electrons. The van der Waals surface area contributed by atoms with Crippen LogP contribution in [0.1, 0.15) is 18.9 Å². The van der Waals surface area contributed by atoms with Crippen molar-refractivity contribution >= 4 is 35.2 Å². The Balaban J connectivity index is 1.80. The number of methoxy groups -OCH3 is 1. The lowest BCUT2D eigenvalue weighted by Gasteiger charge is -2.16. The van der Waals surface area contributed by atoms with Crippen LogP contribution in [0, 0.1) is 0 Å². The smallest absolute Gasteiger partial charge is 0.315 e. The second kappa shape index (κ2) is 8.73. The molecule has 2 amide bonds. The minimum Gasteiger partial charge on any atom is -0.468 e. The number of thioether (sulfide) groups is 1. The van der Waals surface area contributed by atoms with Crippen LogP contribution < -0.4 is 5.32 Å². The molecule has 2 rings (SSSR count). The van der Waals surface area contributed by atoms with E-state index in [1.54, 1.807) is 23.9 Å². The molecule has 1 aliphatic heterocycles. The van der Waals surface area contributed by atoms with Gasteiger partial charge in [-0.05, 0) is 24.1 Å². The van der Waals surface area contributed by atoms with Crippen molar-refractivity contribution in [2.24, 2.45) is 0 Å². The molecule has 24 heavy (non-hydrogen) atoms. The second-order valence-corrected chi connectivity index (χ2v) is 6.98. The zero-order valence-corrected chi connectivity index (χ0v) is 14.7. The van der Waals surface area contributed by atoms with Crippen LogP contribution in [0.15, 0.2) is 24.3 Å². The van der Waals surface area contributed by atoms with Gasteiger partial charge in [0.2, 0.25) is 11.8 Å².